The summed E-state index contributed by atoms with van der Waals surface area (Å²) < 4.78 is 11.3. The number of ether oxygens (including phenoxy) is 2. The van der Waals surface area contributed by atoms with Crippen molar-refractivity contribution in [2.45, 2.75) is 63.7 Å². The zero-order chi connectivity index (χ0) is 14.4. The van der Waals surface area contributed by atoms with Gasteiger partial charge in [-0.25, -0.2) is 0 Å². The molecule has 20 heavy (non-hydrogen) atoms. The first-order chi connectivity index (χ1) is 9.76. The van der Waals surface area contributed by atoms with Crippen molar-refractivity contribution in [1.82, 2.24) is 4.90 Å². The van der Waals surface area contributed by atoms with Gasteiger partial charge in [-0.15, -0.1) is 0 Å². The normalized spacial score (nSPS) is 26.0. The molecule has 2 aliphatic rings. The van der Waals surface area contributed by atoms with Crippen LogP contribution in [0.4, 0.5) is 0 Å². The molecule has 5 nitrogen and oxygen atoms in total. The topological polar surface area (TPSA) is 62.6 Å². The van der Waals surface area contributed by atoms with Gasteiger partial charge in [0.05, 0.1) is 25.4 Å². The maximum Gasteiger partial charge on any atom is 0.252 e. The summed E-state index contributed by atoms with van der Waals surface area (Å²) in [5, 5.41) is 9.12. The van der Waals surface area contributed by atoms with Gasteiger partial charge in [-0.1, -0.05) is 26.2 Å². The van der Waals surface area contributed by atoms with E-state index in [0.717, 1.165) is 12.8 Å². The van der Waals surface area contributed by atoms with Crippen LogP contribution in [0.15, 0.2) is 0 Å². The largest absolute Gasteiger partial charge is 0.376 e. The molecule has 1 aliphatic heterocycles. The Morgan fingerprint density at radius 2 is 2.20 bits per heavy atom. The molecule has 0 aromatic carbocycles. The fraction of sp³-hybridized carbons (Fsp3) is 0.867. The summed E-state index contributed by atoms with van der Waals surface area (Å²) >= 11 is 0. The lowest BCUT2D eigenvalue weighted by atomic mass is 9.97. The first-order valence-electron chi connectivity index (χ1n) is 7.69. The number of nitriles is 1. The molecule has 2 rings (SSSR count). The Kier molecular flexibility index (Phi) is 5.81. The summed E-state index contributed by atoms with van der Waals surface area (Å²) in [6.45, 7) is 3.26. The van der Waals surface area contributed by atoms with Gasteiger partial charge in [0.25, 0.3) is 5.91 Å². The van der Waals surface area contributed by atoms with Crippen LogP contribution in [0.25, 0.3) is 0 Å². The maximum absolute atomic E-state index is 12.6. The molecule has 2 fully saturated rings. The van der Waals surface area contributed by atoms with Crippen molar-refractivity contribution in [2.24, 2.45) is 0 Å². The molecule has 0 radical (unpaired) electrons. The van der Waals surface area contributed by atoms with E-state index in [1.165, 1.54) is 19.3 Å². The summed E-state index contributed by atoms with van der Waals surface area (Å²) in [4.78, 5) is 14.2. The van der Waals surface area contributed by atoms with E-state index in [2.05, 4.69) is 6.07 Å². The number of carbonyl (C=O) groups is 1. The molecular weight excluding hydrogens is 256 g/mol. The van der Waals surface area contributed by atoms with Gasteiger partial charge < -0.3 is 14.4 Å². The molecule has 1 heterocycles. The minimum atomic E-state index is -0.472. The quantitative estimate of drug-likeness (QED) is 0.788. The average Bonchev–Trinajstić information content (AvgIpc) is 2.53. The molecule has 0 aromatic heterocycles. The monoisotopic (exact) mass is 280 g/mol. The van der Waals surface area contributed by atoms with Gasteiger partial charge in [-0.3, -0.25) is 4.79 Å². The highest BCUT2D eigenvalue weighted by Gasteiger charge is 2.33. The van der Waals surface area contributed by atoms with E-state index >= 15 is 0 Å². The Labute approximate surface area is 120 Å². The van der Waals surface area contributed by atoms with E-state index in [-0.39, 0.29) is 12.0 Å². The molecule has 1 saturated carbocycles. The highest BCUT2D eigenvalue weighted by molar-refractivity contribution is 5.81. The summed E-state index contributed by atoms with van der Waals surface area (Å²) in [6.07, 6.45) is 6.20. The maximum atomic E-state index is 12.6. The molecule has 1 aliphatic carbocycles. The molecule has 0 N–H and O–H groups in total. The van der Waals surface area contributed by atoms with Crippen LogP contribution in [0.2, 0.25) is 0 Å². The van der Waals surface area contributed by atoms with Crippen LogP contribution < -0.4 is 0 Å². The van der Waals surface area contributed by atoms with Crippen LogP contribution in [0.5, 0.6) is 0 Å². The number of nitrogens with zero attached hydrogens (tertiary/aromatic N) is 2. The van der Waals surface area contributed by atoms with Gasteiger partial charge in [-0.2, -0.15) is 5.26 Å². The molecule has 0 spiro atoms. The molecule has 0 unspecified atom stereocenters. The molecule has 112 valence electrons. The minimum Gasteiger partial charge on any atom is -0.376 e. The number of rotatable bonds is 4. The lowest BCUT2D eigenvalue weighted by Gasteiger charge is -2.35. The Morgan fingerprint density at radius 1 is 1.45 bits per heavy atom. The van der Waals surface area contributed by atoms with Crippen LogP contribution >= 0.6 is 0 Å². The van der Waals surface area contributed by atoms with Gasteiger partial charge in [0.15, 0.2) is 0 Å². The number of hydrogen-bond acceptors (Lipinski definition) is 4. The van der Waals surface area contributed by atoms with Crippen LogP contribution in [-0.4, -0.2) is 48.8 Å². The molecule has 1 amide bonds. The SMILES string of the molecule is CC[C@H](OC1CCCCC1)C(=O)N1CCOC[C@@H]1C#N. The Morgan fingerprint density at radius 3 is 2.85 bits per heavy atom. The third-order valence-corrected chi connectivity index (χ3v) is 4.12. The van der Waals surface area contributed by atoms with Gasteiger partial charge >= 0.3 is 0 Å². The van der Waals surface area contributed by atoms with Crippen molar-refractivity contribution in [3.05, 3.63) is 0 Å². The highest BCUT2D eigenvalue weighted by Crippen LogP contribution is 2.23. The predicted molar refractivity (Wildman–Crippen MR) is 74.0 cm³/mol. The van der Waals surface area contributed by atoms with Gasteiger partial charge in [0.1, 0.15) is 12.1 Å². The number of hydrogen-bond donors (Lipinski definition) is 0. The third-order valence-electron chi connectivity index (χ3n) is 4.12. The van der Waals surface area contributed by atoms with Crippen molar-refractivity contribution in [3.8, 4) is 6.07 Å². The molecule has 5 heteroatoms. The second kappa shape index (κ2) is 7.61. The Bertz CT molecular complexity index is 361. The van der Waals surface area contributed by atoms with E-state index in [1.807, 2.05) is 6.92 Å². The Hall–Kier alpha value is -1.12. The van der Waals surface area contributed by atoms with Crippen LogP contribution in [-0.2, 0) is 14.3 Å². The van der Waals surface area contributed by atoms with Crippen molar-refractivity contribution < 1.29 is 14.3 Å². The van der Waals surface area contributed by atoms with Crippen molar-refractivity contribution in [2.75, 3.05) is 19.8 Å². The molecule has 0 bridgehead atoms. The molecule has 0 aromatic rings. The lowest BCUT2D eigenvalue weighted by molar-refractivity contribution is -0.155. The van der Waals surface area contributed by atoms with E-state index < -0.39 is 12.1 Å². The standard InChI is InChI=1S/C15H24N2O3/c1-2-14(20-13-6-4-3-5-7-13)15(18)17-8-9-19-11-12(17)10-16/h12-14H,2-9,11H2,1H3/t12-,14-/m0/s1. The lowest BCUT2D eigenvalue weighted by Crippen LogP contribution is -2.52. The zero-order valence-corrected chi connectivity index (χ0v) is 12.2. The number of carbonyl (C=O) groups excluding carboxylic acids is 1. The minimum absolute atomic E-state index is 0.0482. The summed E-state index contributed by atoms with van der Waals surface area (Å²) in [5.41, 5.74) is 0. The first-order valence-corrected chi connectivity index (χ1v) is 7.69. The molecule has 1 saturated heterocycles. The van der Waals surface area contributed by atoms with Crippen LogP contribution in [0.1, 0.15) is 45.4 Å². The van der Waals surface area contributed by atoms with Gasteiger partial charge in [0, 0.05) is 6.54 Å². The number of amides is 1. The van der Waals surface area contributed by atoms with E-state index in [1.54, 1.807) is 4.90 Å². The number of morpholine rings is 1. The molecule has 2 atom stereocenters. The van der Waals surface area contributed by atoms with Crippen molar-refractivity contribution >= 4 is 5.91 Å². The summed E-state index contributed by atoms with van der Waals surface area (Å²) in [7, 11) is 0. The van der Waals surface area contributed by atoms with Crippen LogP contribution in [0, 0.1) is 11.3 Å². The summed E-state index contributed by atoms with van der Waals surface area (Å²) in [5.74, 6) is -0.0482. The second-order valence-electron chi connectivity index (χ2n) is 5.54. The van der Waals surface area contributed by atoms with Gasteiger partial charge in [0.2, 0.25) is 0 Å². The summed E-state index contributed by atoms with van der Waals surface area (Å²) in [6, 6.07) is 1.67. The molecular formula is C15H24N2O3. The highest BCUT2D eigenvalue weighted by atomic mass is 16.5. The van der Waals surface area contributed by atoms with Crippen LogP contribution in [0.3, 0.4) is 0 Å². The third kappa shape index (κ3) is 3.71. The van der Waals surface area contributed by atoms with Crippen molar-refractivity contribution in [3.63, 3.8) is 0 Å². The second-order valence-corrected chi connectivity index (χ2v) is 5.54. The first kappa shape index (κ1) is 15.3. The average molecular weight is 280 g/mol. The van der Waals surface area contributed by atoms with Crippen molar-refractivity contribution in [1.29, 1.82) is 5.26 Å². The van der Waals surface area contributed by atoms with E-state index in [9.17, 15) is 4.79 Å². The zero-order valence-electron chi connectivity index (χ0n) is 12.2. The predicted octanol–water partition coefficient (Wildman–Crippen LogP) is 1.87. The van der Waals surface area contributed by atoms with E-state index in [4.69, 9.17) is 14.7 Å². The Balaban J connectivity index is 1.94. The smallest absolute Gasteiger partial charge is 0.252 e. The van der Waals surface area contributed by atoms with Gasteiger partial charge in [-0.05, 0) is 19.3 Å². The van der Waals surface area contributed by atoms with E-state index in [0.29, 0.717) is 26.2 Å². The fourth-order valence-electron chi connectivity index (χ4n) is 2.92. The fourth-order valence-corrected chi connectivity index (χ4v) is 2.92.